The lowest BCUT2D eigenvalue weighted by Crippen LogP contribution is -2.66. The maximum Gasteiger partial charge on any atom is 0.418 e. The average molecular weight is 683 g/mol. The van der Waals surface area contributed by atoms with Crippen molar-refractivity contribution in [3.8, 4) is 5.75 Å². The molecular formula is C30H44Cl2F3N5O5. The van der Waals surface area contributed by atoms with Crippen LogP contribution in [-0.2, 0) is 14.4 Å². The number of carbonyl (C=O) groups excluding carboxylic acids is 3. The number of aliphatic hydroxyl groups is 1. The quantitative estimate of drug-likeness (QED) is 0.349. The van der Waals surface area contributed by atoms with Crippen LogP contribution in [0.25, 0.3) is 0 Å². The van der Waals surface area contributed by atoms with E-state index in [0.717, 1.165) is 37.7 Å². The topological polar surface area (TPSA) is 123 Å². The van der Waals surface area contributed by atoms with E-state index in [1.807, 2.05) is 18.2 Å². The van der Waals surface area contributed by atoms with E-state index in [1.165, 1.54) is 9.80 Å². The summed E-state index contributed by atoms with van der Waals surface area (Å²) in [5.74, 6) is -0.845. The van der Waals surface area contributed by atoms with E-state index in [0.29, 0.717) is 18.8 Å². The maximum atomic E-state index is 14.4. The fraction of sp³-hybridized carbons (Fsp3) is 0.700. The molecule has 0 spiro atoms. The van der Waals surface area contributed by atoms with Crippen molar-refractivity contribution >= 4 is 42.5 Å². The molecule has 45 heavy (non-hydrogen) atoms. The van der Waals surface area contributed by atoms with Crippen molar-refractivity contribution in [3.05, 3.63) is 29.8 Å². The van der Waals surface area contributed by atoms with E-state index in [1.54, 1.807) is 20.0 Å². The van der Waals surface area contributed by atoms with Crippen LogP contribution >= 0.6 is 24.8 Å². The van der Waals surface area contributed by atoms with Gasteiger partial charge >= 0.3 is 6.18 Å². The Balaban J connectivity index is 0.00000276. The van der Waals surface area contributed by atoms with Crippen LogP contribution in [0, 0.1) is 5.92 Å². The third kappa shape index (κ3) is 7.81. The first-order chi connectivity index (χ1) is 20.4. The zero-order valence-corrected chi connectivity index (χ0v) is 27.1. The zero-order chi connectivity index (χ0) is 30.9. The molecule has 0 radical (unpaired) electrons. The van der Waals surface area contributed by atoms with Crippen molar-refractivity contribution < 1.29 is 37.4 Å². The number of rotatable bonds is 7. The summed E-state index contributed by atoms with van der Waals surface area (Å²) in [7, 11) is 1.64. The SMILES string of the molecule is CN[C@@H](C)C(=O)N[C@H](C(=O)N1C[C@H]2C[C@](O)(C(F)(F)F)CN2C[C@H]1C(=O)N[C@@H]1CCOc2ccccc21)C1CCCCC1.Cl.Cl. The molecule has 1 aliphatic carbocycles. The number of benzene rings is 1. The number of nitrogens with one attached hydrogen (secondary N) is 3. The molecule has 3 fully saturated rings. The Morgan fingerprint density at radius 1 is 1.07 bits per heavy atom. The zero-order valence-electron chi connectivity index (χ0n) is 25.5. The van der Waals surface area contributed by atoms with E-state index in [9.17, 15) is 32.7 Å². The van der Waals surface area contributed by atoms with Gasteiger partial charge < -0.3 is 30.7 Å². The average Bonchev–Trinajstić information content (AvgIpc) is 3.35. The highest BCUT2D eigenvalue weighted by Gasteiger charge is 2.62. The van der Waals surface area contributed by atoms with Gasteiger partial charge in [-0.15, -0.1) is 24.8 Å². The van der Waals surface area contributed by atoms with Crippen molar-refractivity contribution in [3.63, 3.8) is 0 Å². The lowest BCUT2D eigenvalue weighted by molar-refractivity contribution is -0.254. The number of alkyl halides is 3. The summed E-state index contributed by atoms with van der Waals surface area (Å²) in [4.78, 5) is 44.2. The van der Waals surface area contributed by atoms with Gasteiger partial charge in [0.1, 0.15) is 17.8 Å². The van der Waals surface area contributed by atoms with Gasteiger partial charge in [-0.25, -0.2) is 0 Å². The third-order valence-corrected chi connectivity index (χ3v) is 9.65. The summed E-state index contributed by atoms with van der Waals surface area (Å²) in [6.45, 7) is 1.05. The second-order valence-corrected chi connectivity index (χ2v) is 12.5. The van der Waals surface area contributed by atoms with Gasteiger partial charge in [-0.1, -0.05) is 37.5 Å². The number of piperazine rings is 1. The molecule has 1 aromatic rings. The Kier molecular flexibility index (Phi) is 12.4. The fourth-order valence-corrected chi connectivity index (χ4v) is 6.99. The van der Waals surface area contributed by atoms with Gasteiger partial charge in [0.2, 0.25) is 17.7 Å². The van der Waals surface area contributed by atoms with Gasteiger partial charge in [-0.05, 0) is 38.8 Å². The molecule has 2 saturated heterocycles. The van der Waals surface area contributed by atoms with Crippen LogP contribution in [0.1, 0.15) is 63.5 Å². The Bertz CT molecular complexity index is 1210. The Morgan fingerprint density at radius 3 is 2.42 bits per heavy atom. The number of hydrogen-bond donors (Lipinski definition) is 4. The third-order valence-electron chi connectivity index (χ3n) is 9.65. The van der Waals surface area contributed by atoms with Crippen molar-refractivity contribution in [2.24, 2.45) is 5.92 Å². The molecule has 3 amide bonds. The maximum absolute atomic E-state index is 14.4. The second kappa shape index (κ2) is 15.1. The van der Waals surface area contributed by atoms with Crippen molar-refractivity contribution in [2.75, 3.05) is 33.3 Å². The summed E-state index contributed by atoms with van der Waals surface area (Å²) < 4.78 is 47.3. The molecule has 3 aliphatic heterocycles. The normalized spacial score (nSPS) is 28.2. The number of carbonyl (C=O) groups is 3. The van der Waals surface area contributed by atoms with Gasteiger partial charge in [0, 0.05) is 44.1 Å². The monoisotopic (exact) mass is 681 g/mol. The molecule has 3 heterocycles. The van der Waals surface area contributed by atoms with E-state index in [2.05, 4.69) is 16.0 Å². The highest BCUT2D eigenvalue weighted by Crippen LogP contribution is 2.42. The van der Waals surface area contributed by atoms with Crippen LogP contribution < -0.4 is 20.7 Å². The lowest BCUT2D eigenvalue weighted by atomic mass is 9.82. The van der Waals surface area contributed by atoms with Crippen LogP contribution in [-0.4, -0.2) is 102 Å². The minimum absolute atomic E-state index is 0. The van der Waals surface area contributed by atoms with Gasteiger partial charge in [0.05, 0.1) is 18.7 Å². The van der Waals surface area contributed by atoms with Crippen molar-refractivity contribution in [2.45, 2.75) is 93.9 Å². The number of amides is 3. The van der Waals surface area contributed by atoms with Gasteiger partial charge in [-0.2, -0.15) is 13.2 Å². The lowest BCUT2D eigenvalue weighted by Gasteiger charge is -2.45. The smallest absolute Gasteiger partial charge is 0.418 e. The first-order valence-corrected chi connectivity index (χ1v) is 15.2. The van der Waals surface area contributed by atoms with Crippen LogP contribution in [0.15, 0.2) is 24.3 Å². The second-order valence-electron chi connectivity index (χ2n) is 12.5. The minimum Gasteiger partial charge on any atom is -0.493 e. The number of para-hydroxylation sites is 1. The number of likely N-dealkylation sites (N-methyl/N-ethyl adjacent to an activating group) is 1. The fourth-order valence-electron chi connectivity index (χ4n) is 6.99. The number of fused-ring (bicyclic) bond motifs is 2. The Hall–Kier alpha value is -2.32. The highest BCUT2D eigenvalue weighted by atomic mass is 35.5. The summed E-state index contributed by atoms with van der Waals surface area (Å²) in [5, 5.41) is 19.4. The first kappa shape index (κ1) is 37.1. The molecule has 15 heteroatoms. The number of nitrogens with zero attached hydrogens (tertiary/aromatic N) is 2. The van der Waals surface area contributed by atoms with E-state index in [-0.39, 0.29) is 49.7 Å². The number of halogens is 5. The van der Waals surface area contributed by atoms with Gasteiger partial charge in [-0.3, -0.25) is 19.3 Å². The summed E-state index contributed by atoms with van der Waals surface area (Å²) in [5.41, 5.74) is -2.15. The predicted octanol–water partition coefficient (Wildman–Crippen LogP) is 2.72. The van der Waals surface area contributed by atoms with Crippen LogP contribution in [0.5, 0.6) is 5.75 Å². The molecule has 1 saturated carbocycles. The summed E-state index contributed by atoms with van der Waals surface area (Å²) in [6.07, 6.45) is -0.708. The van der Waals surface area contributed by atoms with Crippen LogP contribution in [0.3, 0.4) is 0 Å². The van der Waals surface area contributed by atoms with Crippen LogP contribution in [0.2, 0.25) is 0 Å². The molecular weight excluding hydrogens is 638 g/mol. The van der Waals surface area contributed by atoms with Crippen molar-refractivity contribution in [1.82, 2.24) is 25.8 Å². The summed E-state index contributed by atoms with van der Waals surface area (Å²) >= 11 is 0. The Labute approximate surface area is 274 Å². The molecule has 0 unspecified atom stereocenters. The number of ether oxygens (including phenoxy) is 1. The molecule has 4 N–H and O–H groups in total. The molecule has 5 rings (SSSR count). The molecule has 4 aliphatic rings. The largest absolute Gasteiger partial charge is 0.493 e. The minimum atomic E-state index is -4.86. The standard InChI is InChI=1S/C30H42F3N5O5.2ClH/c1-18(34-2)26(39)36-25(19-8-4-3-5-9-19)28(41)38-15-20-14-29(42,30(31,32)33)17-37(20)16-23(38)27(40)35-22-12-13-43-24-11-7-6-10-21(22)24;;/h6-7,10-11,18-20,22-23,25,34,42H,3-5,8-9,12-17H2,1-2H3,(H,35,40)(H,36,39);2*1H/t18-,20+,22+,23-,25-,29+;;/m0../s1. The Morgan fingerprint density at radius 2 is 1.76 bits per heavy atom. The summed E-state index contributed by atoms with van der Waals surface area (Å²) in [6, 6.07) is 3.52. The van der Waals surface area contributed by atoms with Gasteiger partial charge in [0.25, 0.3) is 0 Å². The molecule has 10 nitrogen and oxygen atoms in total. The van der Waals surface area contributed by atoms with Crippen LogP contribution in [0.4, 0.5) is 13.2 Å². The molecule has 0 aromatic heterocycles. The molecule has 0 bridgehead atoms. The highest BCUT2D eigenvalue weighted by molar-refractivity contribution is 5.93. The van der Waals surface area contributed by atoms with E-state index in [4.69, 9.17) is 4.74 Å². The molecule has 6 atom stereocenters. The van der Waals surface area contributed by atoms with Crippen molar-refractivity contribution in [1.29, 1.82) is 0 Å². The number of hydrogen-bond acceptors (Lipinski definition) is 7. The molecule has 254 valence electrons. The van der Waals surface area contributed by atoms with E-state index < -0.39 is 66.8 Å². The predicted molar refractivity (Wildman–Crippen MR) is 165 cm³/mol. The molecule has 1 aromatic carbocycles. The first-order valence-electron chi connectivity index (χ1n) is 15.2. The van der Waals surface area contributed by atoms with Gasteiger partial charge in [0.15, 0.2) is 5.60 Å². The van der Waals surface area contributed by atoms with E-state index >= 15 is 0 Å².